The van der Waals surface area contributed by atoms with Gasteiger partial charge in [-0.05, 0) is 38.0 Å². The molecule has 1 N–H and O–H groups in total. The van der Waals surface area contributed by atoms with Crippen LogP contribution >= 0.6 is 24.0 Å². The Kier molecular flexibility index (Phi) is 10.3. The standard InChI is InChI=1S/C20H24F3N3O2.HI/c1-3-24-19(26-12-9-16(10-13-26)18(27)28-2)25-11-5-7-15-6-4-8-17(14-15)20(21,22)23;/h4,6,8,14,16H,3,9-13H2,1-2H3,(H,24,25);1H. The van der Waals surface area contributed by atoms with Crippen molar-refractivity contribution in [1.82, 2.24) is 10.2 Å². The highest BCUT2D eigenvalue weighted by Crippen LogP contribution is 2.29. The number of hydrogen-bond acceptors (Lipinski definition) is 3. The van der Waals surface area contributed by atoms with Gasteiger partial charge in [0.1, 0.15) is 6.54 Å². The van der Waals surface area contributed by atoms with Crippen molar-refractivity contribution in [2.75, 3.05) is 33.3 Å². The Bertz CT molecular complexity index is 764. The first-order chi connectivity index (χ1) is 13.3. The number of nitrogens with zero attached hydrogens (tertiary/aromatic N) is 2. The highest BCUT2D eigenvalue weighted by atomic mass is 127. The van der Waals surface area contributed by atoms with Gasteiger partial charge in [0.25, 0.3) is 0 Å². The first-order valence-electron chi connectivity index (χ1n) is 9.12. The lowest BCUT2D eigenvalue weighted by Crippen LogP contribution is -2.46. The molecule has 0 unspecified atom stereocenters. The molecular weight excluding hydrogens is 498 g/mol. The van der Waals surface area contributed by atoms with Gasteiger partial charge in [0.05, 0.1) is 18.6 Å². The molecule has 5 nitrogen and oxygen atoms in total. The molecule has 0 saturated carbocycles. The zero-order valence-corrected chi connectivity index (χ0v) is 18.7. The smallest absolute Gasteiger partial charge is 0.416 e. The van der Waals surface area contributed by atoms with Gasteiger partial charge in [0.2, 0.25) is 0 Å². The van der Waals surface area contributed by atoms with E-state index in [-0.39, 0.29) is 42.4 Å². The molecule has 29 heavy (non-hydrogen) atoms. The van der Waals surface area contributed by atoms with Gasteiger partial charge in [-0.2, -0.15) is 13.2 Å². The Labute approximate surface area is 186 Å². The van der Waals surface area contributed by atoms with Gasteiger partial charge >= 0.3 is 12.1 Å². The van der Waals surface area contributed by atoms with Crippen molar-refractivity contribution in [3.63, 3.8) is 0 Å². The van der Waals surface area contributed by atoms with E-state index in [1.54, 1.807) is 0 Å². The zero-order chi connectivity index (χ0) is 20.6. The van der Waals surface area contributed by atoms with E-state index in [1.807, 2.05) is 6.92 Å². The number of alkyl halides is 3. The van der Waals surface area contributed by atoms with Crippen LogP contribution in [0.5, 0.6) is 0 Å². The van der Waals surface area contributed by atoms with Crippen molar-refractivity contribution in [1.29, 1.82) is 0 Å². The first kappa shape index (κ1) is 25.1. The van der Waals surface area contributed by atoms with Crippen molar-refractivity contribution in [3.8, 4) is 11.8 Å². The van der Waals surface area contributed by atoms with Gasteiger partial charge in [-0.15, -0.1) is 24.0 Å². The van der Waals surface area contributed by atoms with E-state index < -0.39 is 11.7 Å². The molecule has 160 valence electrons. The number of nitrogens with one attached hydrogen (secondary N) is 1. The number of aliphatic imine (C=N–C) groups is 1. The molecule has 0 amide bonds. The summed E-state index contributed by atoms with van der Waals surface area (Å²) in [7, 11) is 1.39. The highest BCUT2D eigenvalue weighted by molar-refractivity contribution is 14.0. The lowest BCUT2D eigenvalue weighted by Gasteiger charge is -2.33. The summed E-state index contributed by atoms with van der Waals surface area (Å²) in [5.41, 5.74) is -0.418. The third-order valence-electron chi connectivity index (χ3n) is 4.39. The summed E-state index contributed by atoms with van der Waals surface area (Å²) in [6.45, 7) is 4.14. The second kappa shape index (κ2) is 11.9. The van der Waals surface area contributed by atoms with Crippen molar-refractivity contribution in [2.45, 2.75) is 25.9 Å². The molecule has 1 heterocycles. The number of halogens is 4. The molecule has 0 spiro atoms. The lowest BCUT2D eigenvalue weighted by molar-refractivity contribution is -0.146. The third-order valence-corrected chi connectivity index (χ3v) is 4.39. The fraction of sp³-hybridized carbons (Fsp3) is 0.500. The van der Waals surface area contributed by atoms with Crippen LogP contribution in [0.25, 0.3) is 0 Å². The van der Waals surface area contributed by atoms with E-state index in [4.69, 9.17) is 4.74 Å². The SMILES string of the molecule is CCNC(=NCC#Cc1cccc(C(F)(F)F)c1)N1CCC(C(=O)OC)CC1.I. The lowest BCUT2D eigenvalue weighted by atomic mass is 9.97. The average molecular weight is 523 g/mol. The van der Waals surface area contributed by atoms with Gasteiger partial charge in [-0.3, -0.25) is 4.79 Å². The van der Waals surface area contributed by atoms with Crippen molar-refractivity contribution in [3.05, 3.63) is 35.4 Å². The van der Waals surface area contributed by atoms with E-state index in [2.05, 4.69) is 27.0 Å². The minimum absolute atomic E-state index is 0. The summed E-state index contributed by atoms with van der Waals surface area (Å²) in [6, 6.07) is 4.92. The van der Waals surface area contributed by atoms with Crippen LogP contribution in [0.15, 0.2) is 29.3 Å². The van der Waals surface area contributed by atoms with Crippen LogP contribution in [-0.4, -0.2) is 50.1 Å². The Balaban J connectivity index is 0.00000420. The summed E-state index contributed by atoms with van der Waals surface area (Å²) in [6.07, 6.45) is -3.01. The number of guanidine groups is 1. The van der Waals surface area contributed by atoms with E-state index in [0.717, 1.165) is 12.1 Å². The number of piperidine rings is 1. The number of benzene rings is 1. The number of likely N-dealkylation sites (tertiary alicyclic amines) is 1. The van der Waals surface area contributed by atoms with E-state index in [1.165, 1.54) is 19.2 Å². The predicted molar refractivity (Wildman–Crippen MR) is 116 cm³/mol. The Hall–Kier alpha value is -1.96. The van der Waals surface area contributed by atoms with Crippen LogP contribution in [0.2, 0.25) is 0 Å². The van der Waals surface area contributed by atoms with E-state index in [9.17, 15) is 18.0 Å². The van der Waals surface area contributed by atoms with E-state index in [0.29, 0.717) is 44.0 Å². The Morgan fingerprint density at radius 2 is 2.03 bits per heavy atom. The first-order valence-corrected chi connectivity index (χ1v) is 9.12. The third kappa shape index (κ3) is 7.76. The molecule has 1 aromatic rings. The van der Waals surface area contributed by atoms with Crippen LogP contribution in [0.4, 0.5) is 13.2 Å². The molecule has 0 aliphatic carbocycles. The monoisotopic (exact) mass is 523 g/mol. The zero-order valence-electron chi connectivity index (χ0n) is 16.4. The maximum Gasteiger partial charge on any atom is 0.416 e. The van der Waals surface area contributed by atoms with Crippen LogP contribution in [0.3, 0.4) is 0 Å². The van der Waals surface area contributed by atoms with E-state index >= 15 is 0 Å². The Morgan fingerprint density at radius 3 is 2.62 bits per heavy atom. The molecule has 1 aliphatic heterocycles. The summed E-state index contributed by atoms with van der Waals surface area (Å²) in [5, 5.41) is 3.18. The fourth-order valence-corrected chi connectivity index (χ4v) is 2.95. The maximum atomic E-state index is 12.7. The normalized spacial score (nSPS) is 15.1. The fourth-order valence-electron chi connectivity index (χ4n) is 2.95. The number of methoxy groups -OCH3 is 1. The molecule has 1 fully saturated rings. The van der Waals surface area contributed by atoms with Crippen molar-refractivity contribution in [2.24, 2.45) is 10.9 Å². The maximum absolute atomic E-state index is 12.7. The summed E-state index contributed by atoms with van der Waals surface area (Å²) < 4.78 is 43.0. The van der Waals surface area contributed by atoms with Crippen molar-refractivity contribution >= 4 is 35.9 Å². The molecule has 1 aliphatic rings. The number of carbonyl (C=O) groups excluding carboxylic acids is 1. The van der Waals surface area contributed by atoms with Crippen LogP contribution in [-0.2, 0) is 15.7 Å². The molecule has 1 aromatic carbocycles. The molecule has 0 aromatic heterocycles. The predicted octanol–water partition coefficient (Wildman–Crippen LogP) is 3.53. The van der Waals surface area contributed by atoms with Gasteiger partial charge in [0, 0.05) is 25.2 Å². The number of carbonyl (C=O) groups is 1. The second-order valence-electron chi connectivity index (χ2n) is 6.33. The van der Waals surface area contributed by atoms with Gasteiger partial charge < -0.3 is 15.0 Å². The topological polar surface area (TPSA) is 53.9 Å². The molecule has 9 heteroatoms. The number of rotatable bonds is 3. The van der Waals surface area contributed by atoms with Crippen LogP contribution < -0.4 is 5.32 Å². The number of ether oxygens (including phenoxy) is 1. The van der Waals surface area contributed by atoms with Gasteiger partial charge in [-0.25, -0.2) is 4.99 Å². The summed E-state index contributed by atoms with van der Waals surface area (Å²) in [5.74, 6) is 5.93. The molecule has 1 saturated heterocycles. The second-order valence-corrected chi connectivity index (χ2v) is 6.33. The minimum atomic E-state index is -4.38. The molecular formula is C20H25F3IN3O2. The molecule has 0 radical (unpaired) electrons. The highest BCUT2D eigenvalue weighted by Gasteiger charge is 2.30. The molecule has 0 atom stereocenters. The van der Waals surface area contributed by atoms with Crippen LogP contribution in [0, 0.1) is 17.8 Å². The number of esters is 1. The quantitative estimate of drug-likeness (QED) is 0.217. The largest absolute Gasteiger partial charge is 0.469 e. The molecule has 0 bridgehead atoms. The van der Waals surface area contributed by atoms with Gasteiger partial charge in [-0.1, -0.05) is 17.9 Å². The summed E-state index contributed by atoms with van der Waals surface area (Å²) in [4.78, 5) is 18.1. The average Bonchev–Trinajstić information content (AvgIpc) is 2.69. The molecule has 2 rings (SSSR count). The van der Waals surface area contributed by atoms with Crippen molar-refractivity contribution < 1.29 is 22.7 Å². The minimum Gasteiger partial charge on any atom is -0.469 e. The van der Waals surface area contributed by atoms with Gasteiger partial charge in [0.15, 0.2) is 5.96 Å². The Morgan fingerprint density at radius 1 is 1.34 bits per heavy atom. The number of hydrogen-bond donors (Lipinski definition) is 1. The van der Waals surface area contributed by atoms with Crippen LogP contribution in [0.1, 0.15) is 30.9 Å². The summed E-state index contributed by atoms with van der Waals surface area (Å²) >= 11 is 0.